The van der Waals surface area contributed by atoms with E-state index in [1.54, 1.807) is 18.5 Å². The molecule has 0 aliphatic carbocycles. The third kappa shape index (κ3) is 2.40. The molecule has 1 heterocycles. The molecule has 1 aromatic heterocycles. The van der Waals surface area contributed by atoms with Gasteiger partial charge in [-0.05, 0) is 24.3 Å². The molecule has 0 atom stereocenters. The number of rotatable bonds is 3. The van der Waals surface area contributed by atoms with Crippen LogP contribution in [0, 0.1) is 5.82 Å². The highest BCUT2D eigenvalue weighted by Gasteiger charge is 2.07. The van der Waals surface area contributed by atoms with Gasteiger partial charge in [0, 0.05) is 34.3 Å². The number of pyridine rings is 1. The van der Waals surface area contributed by atoms with Crippen LogP contribution in [-0.2, 0) is 6.54 Å². The Morgan fingerprint density at radius 1 is 1.19 bits per heavy atom. The zero-order chi connectivity index (χ0) is 11.4. The smallest absolute Gasteiger partial charge is 0.128 e. The summed E-state index contributed by atoms with van der Waals surface area (Å²) in [5.74, 6) is -0.249. The van der Waals surface area contributed by atoms with Gasteiger partial charge in [0.1, 0.15) is 5.82 Å². The van der Waals surface area contributed by atoms with E-state index in [0.717, 1.165) is 9.79 Å². The van der Waals surface area contributed by atoms with Gasteiger partial charge in [-0.15, -0.1) is 0 Å². The Bertz CT molecular complexity index is 474. The molecule has 0 saturated heterocycles. The topological polar surface area (TPSA) is 38.9 Å². The van der Waals surface area contributed by atoms with Crippen molar-refractivity contribution in [3.8, 4) is 0 Å². The second-order valence-electron chi connectivity index (χ2n) is 3.21. The predicted molar refractivity (Wildman–Crippen MR) is 62.7 cm³/mol. The van der Waals surface area contributed by atoms with E-state index in [1.807, 2.05) is 18.2 Å². The molecule has 0 spiro atoms. The lowest BCUT2D eigenvalue weighted by molar-refractivity contribution is 0.604. The van der Waals surface area contributed by atoms with Crippen molar-refractivity contribution >= 4 is 11.8 Å². The summed E-state index contributed by atoms with van der Waals surface area (Å²) in [5, 5.41) is 0. The molecule has 2 nitrogen and oxygen atoms in total. The Hall–Kier alpha value is -1.39. The van der Waals surface area contributed by atoms with Gasteiger partial charge in [0.25, 0.3) is 0 Å². The van der Waals surface area contributed by atoms with Crippen molar-refractivity contribution in [2.24, 2.45) is 5.73 Å². The minimum Gasteiger partial charge on any atom is -0.326 e. The molecule has 0 aliphatic rings. The average molecular weight is 234 g/mol. The molecule has 1 aromatic carbocycles. The van der Waals surface area contributed by atoms with Gasteiger partial charge >= 0.3 is 0 Å². The highest BCUT2D eigenvalue weighted by molar-refractivity contribution is 7.99. The molecule has 2 rings (SSSR count). The zero-order valence-electron chi connectivity index (χ0n) is 8.56. The third-order valence-corrected chi connectivity index (χ3v) is 3.27. The van der Waals surface area contributed by atoms with Gasteiger partial charge in [0.2, 0.25) is 0 Å². The molecule has 0 unspecified atom stereocenters. The van der Waals surface area contributed by atoms with Gasteiger partial charge in [-0.1, -0.05) is 17.8 Å². The minimum atomic E-state index is -0.249. The Morgan fingerprint density at radius 3 is 2.62 bits per heavy atom. The van der Waals surface area contributed by atoms with E-state index < -0.39 is 0 Å². The first-order valence-electron chi connectivity index (χ1n) is 4.86. The quantitative estimate of drug-likeness (QED) is 0.887. The normalized spacial score (nSPS) is 10.4. The fourth-order valence-corrected chi connectivity index (χ4v) is 2.33. The lowest BCUT2D eigenvalue weighted by Gasteiger charge is -2.07. The van der Waals surface area contributed by atoms with Crippen molar-refractivity contribution in [2.75, 3.05) is 0 Å². The number of nitrogens with two attached hydrogens (primary N) is 1. The van der Waals surface area contributed by atoms with Crippen LogP contribution in [0.4, 0.5) is 4.39 Å². The summed E-state index contributed by atoms with van der Waals surface area (Å²) in [4.78, 5) is 5.81. The Labute approximate surface area is 97.7 Å². The highest BCUT2D eigenvalue weighted by atomic mass is 32.2. The van der Waals surface area contributed by atoms with E-state index in [2.05, 4.69) is 4.98 Å². The van der Waals surface area contributed by atoms with Crippen LogP contribution in [0.15, 0.2) is 52.5 Å². The van der Waals surface area contributed by atoms with Crippen LogP contribution in [0.5, 0.6) is 0 Å². The first kappa shape index (κ1) is 11.1. The Kier molecular flexibility index (Phi) is 3.54. The summed E-state index contributed by atoms with van der Waals surface area (Å²) in [7, 11) is 0. The molecular formula is C12H11FN2S. The second kappa shape index (κ2) is 5.09. The summed E-state index contributed by atoms with van der Waals surface area (Å²) < 4.78 is 13.4. The number of hydrogen-bond acceptors (Lipinski definition) is 3. The maximum absolute atomic E-state index is 13.4. The van der Waals surface area contributed by atoms with Crippen LogP contribution in [0.1, 0.15) is 5.56 Å². The number of hydrogen-bond donors (Lipinski definition) is 1. The van der Waals surface area contributed by atoms with Gasteiger partial charge in [0.05, 0.1) is 0 Å². The van der Waals surface area contributed by atoms with Crippen LogP contribution < -0.4 is 5.73 Å². The standard InChI is InChI=1S/C12H11FN2S/c13-11-2-1-3-12(10(11)8-14)16-9-4-6-15-7-5-9/h1-7H,8,14H2. The molecule has 0 radical (unpaired) electrons. The van der Waals surface area contributed by atoms with Crippen molar-refractivity contribution in [3.63, 3.8) is 0 Å². The van der Waals surface area contributed by atoms with Gasteiger partial charge in [0.15, 0.2) is 0 Å². The van der Waals surface area contributed by atoms with Gasteiger partial charge < -0.3 is 5.73 Å². The van der Waals surface area contributed by atoms with Gasteiger partial charge in [-0.3, -0.25) is 4.98 Å². The number of halogens is 1. The van der Waals surface area contributed by atoms with E-state index in [1.165, 1.54) is 17.8 Å². The van der Waals surface area contributed by atoms with E-state index in [9.17, 15) is 4.39 Å². The van der Waals surface area contributed by atoms with Crippen molar-refractivity contribution in [1.82, 2.24) is 4.98 Å². The van der Waals surface area contributed by atoms with Crippen LogP contribution >= 0.6 is 11.8 Å². The van der Waals surface area contributed by atoms with E-state index in [-0.39, 0.29) is 12.4 Å². The summed E-state index contributed by atoms with van der Waals surface area (Å²) in [6, 6.07) is 8.76. The van der Waals surface area contributed by atoms with Gasteiger partial charge in [-0.25, -0.2) is 4.39 Å². The summed E-state index contributed by atoms with van der Waals surface area (Å²) in [6.45, 7) is 0.208. The monoisotopic (exact) mass is 234 g/mol. The van der Waals surface area contributed by atoms with E-state index in [0.29, 0.717) is 5.56 Å². The first-order chi connectivity index (χ1) is 7.81. The number of aromatic nitrogens is 1. The van der Waals surface area contributed by atoms with Crippen LogP contribution in [-0.4, -0.2) is 4.98 Å². The number of benzene rings is 1. The van der Waals surface area contributed by atoms with Crippen molar-refractivity contribution in [1.29, 1.82) is 0 Å². The van der Waals surface area contributed by atoms with Crippen molar-refractivity contribution in [3.05, 3.63) is 54.1 Å². The molecule has 16 heavy (non-hydrogen) atoms. The predicted octanol–water partition coefficient (Wildman–Crippen LogP) is 2.83. The Morgan fingerprint density at radius 2 is 1.94 bits per heavy atom. The summed E-state index contributed by atoms with van der Waals surface area (Å²) >= 11 is 1.49. The molecule has 0 amide bonds. The van der Waals surface area contributed by atoms with Crippen molar-refractivity contribution < 1.29 is 4.39 Å². The lowest BCUT2D eigenvalue weighted by Crippen LogP contribution is -2.01. The minimum absolute atomic E-state index is 0.208. The molecule has 2 N–H and O–H groups in total. The average Bonchev–Trinajstić information content (AvgIpc) is 2.31. The molecule has 4 heteroatoms. The molecule has 82 valence electrons. The molecule has 0 saturated carbocycles. The maximum atomic E-state index is 13.4. The second-order valence-corrected chi connectivity index (χ2v) is 4.32. The third-order valence-electron chi connectivity index (χ3n) is 2.16. The van der Waals surface area contributed by atoms with Crippen molar-refractivity contribution in [2.45, 2.75) is 16.3 Å². The zero-order valence-corrected chi connectivity index (χ0v) is 9.38. The van der Waals surface area contributed by atoms with Gasteiger partial charge in [-0.2, -0.15) is 0 Å². The fraction of sp³-hybridized carbons (Fsp3) is 0.0833. The van der Waals surface area contributed by atoms with E-state index >= 15 is 0 Å². The fourth-order valence-electron chi connectivity index (χ4n) is 1.37. The maximum Gasteiger partial charge on any atom is 0.128 e. The summed E-state index contributed by atoms with van der Waals surface area (Å²) in [6.07, 6.45) is 3.42. The molecule has 0 fully saturated rings. The highest BCUT2D eigenvalue weighted by Crippen LogP contribution is 2.30. The molecule has 0 aliphatic heterocycles. The van der Waals surface area contributed by atoms with Crippen LogP contribution in [0.2, 0.25) is 0 Å². The molecule has 2 aromatic rings. The first-order valence-corrected chi connectivity index (χ1v) is 5.68. The lowest BCUT2D eigenvalue weighted by atomic mass is 10.2. The summed E-state index contributed by atoms with van der Waals surface area (Å²) in [5.41, 5.74) is 6.10. The van der Waals surface area contributed by atoms with Crippen LogP contribution in [0.3, 0.4) is 0 Å². The Balaban J connectivity index is 2.31. The van der Waals surface area contributed by atoms with Crippen LogP contribution in [0.25, 0.3) is 0 Å². The number of nitrogens with zero attached hydrogens (tertiary/aromatic N) is 1. The SMILES string of the molecule is NCc1c(F)cccc1Sc1ccncc1. The molecular weight excluding hydrogens is 223 g/mol. The molecule has 0 bridgehead atoms. The largest absolute Gasteiger partial charge is 0.326 e. The van der Waals surface area contributed by atoms with E-state index in [4.69, 9.17) is 5.73 Å².